The Balaban J connectivity index is 2.69. The van der Waals surface area contributed by atoms with E-state index in [2.05, 4.69) is 9.71 Å². The van der Waals surface area contributed by atoms with Crippen molar-refractivity contribution >= 4 is 20.2 Å². The average molecular weight is 336 g/mol. The van der Waals surface area contributed by atoms with Crippen LogP contribution in [-0.2, 0) is 26.8 Å². The number of sulfonamides is 1. The van der Waals surface area contributed by atoms with Gasteiger partial charge in [-0.2, -0.15) is 17.0 Å². The molecule has 0 atom stereocenters. The summed E-state index contributed by atoms with van der Waals surface area (Å²) in [5.74, 6) is 0. The van der Waals surface area contributed by atoms with Gasteiger partial charge >= 0.3 is 0 Å². The molecule has 0 amide bonds. The Morgan fingerprint density at radius 2 is 1.71 bits per heavy atom. The molecule has 0 aliphatic rings. The quantitative estimate of drug-likeness (QED) is 0.673. The van der Waals surface area contributed by atoms with E-state index >= 15 is 0 Å². The van der Waals surface area contributed by atoms with E-state index in [-0.39, 0.29) is 19.6 Å². The lowest BCUT2D eigenvalue weighted by atomic mass is 10.3. The summed E-state index contributed by atoms with van der Waals surface area (Å²) >= 11 is 0. The number of nitrogens with zero attached hydrogens (tertiary/aromatic N) is 3. The predicted molar refractivity (Wildman–Crippen MR) is 80.1 cm³/mol. The van der Waals surface area contributed by atoms with E-state index in [1.807, 2.05) is 0 Å². The Labute approximate surface area is 126 Å². The molecule has 0 bridgehead atoms. The molecule has 0 saturated carbocycles. The Morgan fingerprint density at radius 3 is 2.19 bits per heavy atom. The highest BCUT2D eigenvalue weighted by atomic mass is 32.2. The molecule has 1 aromatic rings. The lowest BCUT2D eigenvalue weighted by molar-refractivity contribution is 0.409. The molecular weight excluding hydrogens is 316 g/mol. The van der Waals surface area contributed by atoms with Crippen LogP contribution in [0.15, 0.2) is 24.5 Å². The highest BCUT2D eigenvalue weighted by molar-refractivity contribution is 7.88. The van der Waals surface area contributed by atoms with Crippen molar-refractivity contribution in [2.45, 2.75) is 6.54 Å². The topological polar surface area (TPSA) is 99.7 Å². The highest BCUT2D eigenvalue weighted by Crippen LogP contribution is 2.06. The standard InChI is InChI=1S/C11H20N4O4S2/c1-14(2)21(18,19)13-8-9-15(20(3,16)17)10-11-4-6-12-7-5-11/h4-7,13H,8-10H2,1-3H3. The van der Waals surface area contributed by atoms with Gasteiger partial charge in [0, 0.05) is 46.1 Å². The minimum atomic E-state index is -3.56. The van der Waals surface area contributed by atoms with Crippen molar-refractivity contribution in [2.75, 3.05) is 33.4 Å². The molecule has 0 aliphatic carbocycles. The highest BCUT2D eigenvalue weighted by Gasteiger charge is 2.19. The third-order valence-electron chi connectivity index (χ3n) is 2.70. The Kier molecular flexibility index (Phi) is 6.23. The molecule has 21 heavy (non-hydrogen) atoms. The molecule has 1 aromatic heterocycles. The average Bonchev–Trinajstić information content (AvgIpc) is 2.37. The maximum atomic E-state index is 11.7. The van der Waals surface area contributed by atoms with Gasteiger partial charge in [-0.25, -0.2) is 13.1 Å². The van der Waals surface area contributed by atoms with E-state index in [0.29, 0.717) is 0 Å². The molecule has 0 aromatic carbocycles. The van der Waals surface area contributed by atoms with Gasteiger partial charge in [0.05, 0.1) is 6.26 Å². The molecule has 1 heterocycles. The molecule has 120 valence electrons. The van der Waals surface area contributed by atoms with Crippen LogP contribution in [0.25, 0.3) is 0 Å². The molecule has 0 spiro atoms. The number of hydrogen-bond donors (Lipinski definition) is 1. The number of rotatable bonds is 8. The molecule has 0 fully saturated rings. The van der Waals surface area contributed by atoms with Crippen molar-refractivity contribution in [2.24, 2.45) is 0 Å². The Morgan fingerprint density at radius 1 is 1.14 bits per heavy atom. The first-order valence-corrected chi connectivity index (χ1v) is 9.43. The number of aromatic nitrogens is 1. The van der Waals surface area contributed by atoms with Crippen LogP contribution in [0.2, 0.25) is 0 Å². The van der Waals surface area contributed by atoms with Crippen molar-refractivity contribution < 1.29 is 16.8 Å². The summed E-state index contributed by atoms with van der Waals surface area (Å²) < 4.78 is 51.2. The minimum Gasteiger partial charge on any atom is -0.265 e. The van der Waals surface area contributed by atoms with E-state index in [1.165, 1.54) is 18.4 Å². The van der Waals surface area contributed by atoms with Crippen LogP contribution in [-0.4, -0.2) is 63.9 Å². The molecule has 0 unspecified atom stereocenters. The summed E-state index contributed by atoms with van der Waals surface area (Å²) in [7, 11) is -4.20. The van der Waals surface area contributed by atoms with Crippen LogP contribution in [0, 0.1) is 0 Å². The molecule has 1 rings (SSSR count). The van der Waals surface area contributed by atoms with Crippen LogP contribution in [0.1, 0.15) is 5.56 Å². The van der Waals surface area contributed by atoms with Crippen molar-refractivity contribution in [3.63, 3.8) is 0 Å². The Bertz CT molecular complexity index is 644. The van der Waals surface area contributed by atoms with Crippen LogP contribution >= 0.6 is 0 Å². The SMILES string of the molecule is CN(C)S(=O)(=O)NCCN(Cc1ccncc1)S(C)(=O)=O. The first-order valence-electron chi connectivity index (χ1n) is 6.14. The smallest absolute Gasteiger partial charge is 0.265 e. The Hall–Kier alpha value is -1.07. The van der Waals surface area contributed by atoms with Gasteiger partial charge in [0.15, 0.2) is 0 Å². The van der Waals surface area contributed by atoms with Gasteiger partial charge in [0.25, 0.3) is 10.2 Å². The lowest BCUT2D eigenvalue weighted by Crippen LogP contribution is -2.41. The van der Waals surface area contributed by atoms with Crippen molar-refractivity contribution in [3.05, 3.63) is 30.1 Å². The third-order valence-corrected chi connectivity index (χ3v) is 5.48. The maximum Gasteiger partial charge on any atom is 0.278 e. The molecule has 0 aliphatic heterocycles. The van der Waals surface area contributed by atoms with Gasteiger partial charge in [0.2, 0.25) is 10.0 Å². The summed E-state index contributed by atoms with van der Waals surface area (Å²) in [6.45, 7) is 0.220. The van der Waals surface area contributed by atoms with Crippen LogP contribution in [0.5, 0.6) is 0 Å². The predicted octanol–water partition coefficient (Wildman–Crippen LogP) is -0.761. The molecule has 8 nitrogen and oxygen atoms in total. The number of pyridine rings is 1. The second kappa shape index (κ2) is 7.27. The largest absolute Gasteiger partial charge is 0.278 e. The van der Waals surface area contributed by atoms with E-state index in [9.17, 15) is 16.8 Å². The molecular formula is C11H20N4O4S2. The van der Waals surface area contributed by atoms with Gasteiger partial charge < -0.3 is 0 Å². The summed E-state index contributed by atoms with van der Waals surface area (Å²) in [6.07, 6.45) is 4.24. The fourth-order valence-corrected chi connectivity index (χ4v) is 2.90. The number of hydrogen-bond acceptors (Lipinski definition) is 5. The van der Waals surface area contributed by atoms with E-state index in [1.54, 1.807) is 24.5 Å². The normalized spacial score (nSPS) is 13.0. The zero-order chi connectivity index (χ0) is 16.1. The van der Waals surface area contributed by atoms with Crippen molar-refractivity contribution in [1.82, 2.24) is 18.3 Å². The zero-order valence-corrected chi connectivity index (χ0v) is 13.9. The second-order valence-corrected chi connectivity index (χ2v) is 8.59. The summed E-state index contributed by atoms with van der Waals surface area (Å²) in [5, 5.41) is 0. The summed E-state index contributed by atoms with van der Waals surface area (Å²) in [4.78, 5) is 3.86. The van der Waals surface area contributed by atoms with Crippen LogP contribution < -0.4 is 4.72 Å². The minimum absolute atomic E-state index is 0.00132. The first kappa shape index (κ1) is 18.0. The summed E-state index contributed by atoms with van der Waals surface area (Å²) in [6, 6.07) is 3.42. The van der Waals surface area contributed by atoms with Crippen LogP contribution in [0.3, 0.4) is 0 Å². The van der Waals surface area contributed by atoms with Crippen LogP contribution in [0.4, 0.5) is 0 Å². The number of nitrogens with one attached hydrogen (secondary N) is 1. The maximum absolute atomic E-state index is 11.7. The first-order chi connectivity index (χ1) is 9.63. The second-order valence-electron chi connectivity index (χ2n) is 4.63. The molecule has 0 radical (unpaired) electrons. The fraction of sp³-hybridized carbons (Fsp3) is 0.545. The lowest BCUT2D eigenvalue weighted by Gasteiger charge is -2.21. The molecule has 0 saturated heterocycles. The van der Waals surface area contributed by atoms with Gasteiger partial charge in [-0.15, -0.1) is 0 Å². The van der Waals surface area contributed by atoms with Crippen molar-refractivity contribution in [3.8, 4) is 0 Å². The van der Waals surface area contributed by atoms with E-state index in [0.717, 1.165) is 16.1 Å². The van der Waals surface area contributed by atoms with E-state index in [4.69, 9.17) is 0 Å². The van der Waals surface area contributed by atoms with Gasteiger partial charge in [-0.05, 0) is 17.7 Å². The van der Waals surface area contributed by atoms with Crippen molar-refractivity contribution in [1.29, 1.82) is 0 Å². The third kappa shape index (κ3) is 6.06. The molecule has 10 heteroatoms. The molecule has 1 N–H and O–H groups in total. The van der Waals surface area contributed by atoms with Gasteiger partial charge in [-0.1, -0.05) is 0 Å². The van der Waals surface area contributed by atoms with Gasteiger partial charge in [0.1, 0.15) is 0 Å². The summed E-state index contributed by atoms with van der Waals surface area (Å²) in [5.41, 5.74) is 0.783. The fourth-order valence-electron chi connectivity index (χ4n) is 1.48. The monoisotopic (exact) mass is 336 g/mol. The van der Waals surface area contributed by atoms with E-state index < -0.39 is 20.2 Å². The van der Waals surface area contributed by atoms with Gasteiger partial charge in [-0.3, -0.25) is 4.98 Å². The zero-order valence-electron chi connectivity index (χ0n) is 12.2.